The van der Waals surface area contributed by atoms with Gasteiger partial charge in [-0.05, 0) is 62.1 Å². The van der Waals surface area contributed by atoms with E-state index in [9.17, 15) is 18.0 Å². The van der Waals surface area contributed by atoms with Gasteiger partial charge in [0.05, 0.1) is 11.9 Å². The molecule has 0 aliphatic rings. The van der Waals surface area contributed by atoms with E-state index in [1.54, 1.807) is 19.9 Å². The minimum Gasteiger partial charge on any atom is -0.354 e. The third-order valence-electron chi connectivity index (χ3n) is 5.27. The number of hydrogen-bond acceptors (Lipinski definition) is 4. The smallest absolute Gasteiger partial charge is 0.244 e. The normalized spacial score (nSPS) is 12.2. The van der Waals surface area contributed by atoms with Crippen LogP contribution in [-0.2, 0) is 26.2 Å². The molecule has 0 unspecified atom stereocenters. The maximum absolute atomic E-state index is 13.5. The molecule has 33 heavy (non-hydrogen) atoms. The summed E-state index contributed by atoms with van der Waals surface area (Å²) in [6.07, 6.45) is 1.85. The van der Waals surface area contributed by atoms with Gasteiger partial charge in [-0.2, -0.15) is 0 Å². The van der Waals surface area contributed by atoms with Crippen molar-refractivity contribution >= 4 is 43.5 Å². The molecule has 0 aromatic heterocycles. The third-order valence-corrected chi connectivity index (χ3v) is 6.89. The molecule has 0 spiro atoms. The molecule has 7 nitrogen and oxygen atoms in total. The van der Waals surface area contributed by atoms with E-state index in [2.05, 4.69) is 21.2 Å². The standard InChI is InChI=1S/C24H32BrN3O4S/c1-6-12-26-24(30)19(4)27(15-20-8-7-9-21(25)14-20)23(29)16-28(33(5,31)32)22-13-17(2)10-11-18(22)3/h7-11,13-14,19H,6,12,15-16H2,1-5H3,(H,26,30)/t19-/m1/s1. The van der Waals surface area contributed by atoms with E-state index in [4.69, 9.17) is 0 Å². The van der Waals surface area contributed by atoms with Gasteiger partial charge in [0.15, 0.2) is 0 Å². The molecule has 1 N–H and O–H groups in total. The van der Waals surface area contributed by atoms with Crippen molar-refractivity contribution in [3.8, 4) is 0 Å². The number of nitrogens with zero attached hydrogens (tertiary/aromatic N) is 2. The van der Waals surface area contributed by atoms with Crippen molar-refractivity contribution in [3.05, 3.63) is 63.6 Å². The summed E-state index contributed by atoms with van der Waals surface area (Å²) in [5, 5.41) is 2.82. The first-order valence-electron chi connectivity index (χ1n) is 10.8. The molecular formula is C24H32BrN3O4S. The van der Waals surface area contributed by atoms with Gasteiger partial charge in [0.25, 0.3) is 0 Å². The number of aryl methyl sites for hydroxylation is 2. The number of benzene rings is 2. The minimum absolute atomic E-state index is 0.170. The zero-order valence-corrected chi connectivity index (χ0v) is 22.2. The van der Waals surface area contributed by atoms with Gasteiger partial charge in [0, 0.05) is 17.6 Å². The number of halogens is 1. The Morgan fingerprint density at radius 1 is 1.12 bits per heavy atom. The van der Waals surface area contributed by atoms with E-state index < -0.39 is 28.5 Å². The summed E-state index contributed by atoms with van der Waals surface area (Å²) in [6, 6.07) is 12.1. The van der Waals surface area contributed by atoms with E-state index in [0.29, 0.717) is 12.2 Å². The molecule has 180 valence electrons. The fraction of sp³-hybridized carbons (Fsp3) is 0.417. The number of carbonyl (C=O) groups excluding carboxylic acids is 2. The highest BCUT2D eigenvalue weighted by molar-refractivity contribution is 9.10. The van der Waals surface area contributed by atoms with Crippen LogP contribution in [0.1, 0.15) is 37.0 Å². The fourth-order valence-electron chi connectivity index (χ4n) is 3.39. The van der Waals surface area contributed by atoms with Crippen LogP contribution in [0.2, 0.25) is 0 Å². The van der Waals surface area contributed by atoms with Gasteiger partial charge in [-0.3, -0.25) is 13.9 Å². The monoisotopic (exact) mass is 537 g/mol. The topological polar surface area (TPSA) is 86.8 Å². The van der Waals surface area contributed by atoms with Gasteiger partial charge >= 0.3 is 0 Å². The first kappa shape index (κ1) is 26.9. The summed E-state index contributed by atoms with van der Waals surface area (Å²) in [4.78, 5) is 27.6. The Labute approximate surface area is 205 Å². The quantitative estimate of drug-likeness (QED) is 0.499. The molecule has 0 saturated carbocycles. The largest absolute Gasteiger partial charge is 0.354 e. The van der Waals surface area contributed by atoms with Crippen LogP contribution in [0, 0.1) is 13.8 Å². The minimum atomic E-state index is -3.75. The number of nitrogens with one attached hydrogen (secondary N) is 1. The third kappa shape index (κ3) is 7.57. The highest BCUT2D eigenvalue weighted by atomic mass is 79.9. The molecule has 2 aromatic carbocycles. The zero-order chi connectivity index (χ0) is 24.8. The van der Waals surface area contributed by atoms with E-state index in [-0.39, 0.29) is 12.5 Å². The molecule has 2 rings (SSSR count). The van der Waals surface area contributed by atoms with Gasteiger partial charge in [0.2, 0.25) is 21.8 Å². The van der Waals surface area contributed by atoms with E-state index >= 15 is 0 Å². The first-order chi connectivity index (χ1) is 15.4. The molecule has 0 aliphatic heterocycles. The summed E-state index contributed by atoms with van der Waals surface area (Å²) in [7, 11) is -3.75. The number of carbonyl (C=O) groups is 2. The van der Waals surface area contributed by atoms with Crippen LogP contribution in [0.4, 0.5) is 5.69 Å². The van der Waals surface area contributed by atoms with Gasteiger partial charge in [-0.1, -0.05) is 47.1 Å². The summed E-state index contributed by atoms with van der Waals surface area (Å²) in [5.41, 5.74) is 2.91. The van der Waals surface area contributed by atoms with Crippen LogP contribution in [0.25, 0.3) is 0 Å². The second-order valence-corrected chi connectivity index (χ2v) is 11.0. The summed E-state index contributed by atoms with van der Waals surface area (Å²) in [5.74, 6) is -0.738. The average Bonchev–Trinajstić information content (AvgIpc) is 2.74. The Morgan fingerprint density at radius 2 is 1.82 bits per heavy atom. The predicted octanol–water partition coefficient (Wildman–Crippen LogP) is 3.78. The Morgan fingerprint density at radius 3 is 2.42 bits per heavy atom. The highest BCUT2D eigenvalue weighted by Crippen LogP contribution is 2.24. The van der Waals surface area contributed by atoms with Crippen LogP contribution < -0.4 is 9.62 Å². The number of sulfonamides is 1. The van der Waals surface area contributed by atoms with Crippen molar-refractivity contribution in [1.82, 2.24) is 10.2 Å². The molecule has 2 amide bonds. The zero-order valence-electron chi connectivity index (χ0n) is 19.8. The number of anilines is 1. The van der Waals surface area contributed by atoms with E-state index in [1.807, 2.05) is 50.2 Å². The highest BCUT2D eigenvalue weighted by Gasteiger charge is 2.30. The lowest BCUT2D eigenvalue weighted by Gasteiger charge is -2.32. The molecule has 0 aliphatic carbocycles. The van der Waals surface area contributed by atoms with Crippen molar-refractivity contribution in [2.24, 2.45) is 0 Å². The van der Waals surface area contributed by atoms with Gasteiger partial charge in [-0.25, -0.2) is 8.42 Å². The molecule has 0 saturated heterocycles. The van der Waals surface area contributed by atoms with Crippen molar-refractivity contribution in [3.63, 3.8) is 0 Å². The molecular weight excluding hydrogens is 506 g/mol. The van der Waals surface area contributed by atoms with Crippen molar-refractivity contribution in [2.75, 3.05) is 23.7 Å². The molecule has 9 heteroatoms. The van der Waals surface area contributed by atoms with Gasteiger partial charge in [-0.15, -0.1) is 0 Å². The molecule has 2 aromatic rings. The van der Waals surface area contributed by atoms with Crippen molar-refractivity contribution < 1.29 is 18.0 Å². The Balaban J connectivity index is 2.42. The maximum Gasteiger partial charge on any atom is 0.244 e. The number of rotatable bonds is 10. The van der Waals surface area contributed by atoms with Crippen molar-refractivity contribution in [1.29, 1.82) is 0 Å². The lowest BCUT2D eigenvalue weighted by Crippen LogP contribution is -2.51. The van der Waals surface area contributed by atoms with E-state index in [1.165, 1.54) is 4.90 Å². The van der Waals surface area contributed by atoms with E-state index in [0.717, 1.165) is 38.1 Å². The van der Waals surface area contributed by atoms with Crippen LogP contribution in [0.3, 0.4) is 0 Å². The summed E-state index contributed by atoms with van der Waals surface area (Å²) in [6.45, 7) is 7.54. The maximum atomic E-state index is 13.5. The van der Waals surface area contributed by atoms with Gasteiger partial charge < -0.3 is 10.2 Å². The lowest BCUT2D eigenvalue weighted by atomic mass is 10.1. The van der Waals surface area contributed by atoms with Crippen LogP contribution in [0.15, 0.2) is 46.9 Å². The number of hydrogen-bond donors (Lipinski definition) is 1. The van der Waals surface area contributed by atoms with Crippen LogP contribution >= 0.6 is 15.9 Å². The molecule has 0 fully saturated rings. The fourth-order valence-corrected chi connectivity index (χ4v) is 4.74. The summed E-state index contributed by atoms with van der Waals surface area (Å²) >= 11 is 3.43. The predicted molar refractivity (Wildman–Crippen MR) is 136 cm³/mol. The Kier molecular flexibility index (Phi) is 9.48. The Bertz CT molecular complexity index is 1100. The van der Waals surface area contributed by atoms with Crippen LogP contribution in [-0.4, -0.2) is 50.5 Å². The second-order valence-electron chi connectivity index (χ2n) is 8.18. The lowest BCUT2D eigenvalue weighted by molar-refractivity contribution is -0.139. The van der Waals surface area contributed by atoms with Crippen LogP contribution in [0.5, 0.6) is 0 Å². The van der Waals surface area contributed by atoms with Gasteiger partial charge in [0.1, 0.15) is 12.6 Å². The first-order valence-corrected chi connectivity index (χ1v) is 13.4. The average molecular weight is 539 g/mol. The molecule has 0 heterocycles. The van der Waals surface area contributed by atoms with Crippen molar-refractivity contribution in [2.45, 2.75) is 46.7 Å². The SMILES string of the molecule is CCCNC(=O)[C@@H](C)N(Cc1cccc(Br)c1)C(=O)CN(c1cc(C)ccc1C)S(C)(=O)=O. The molecule has 0 radical (unpaired) electrons. The molecule has 0 bridgehead atoms. The number of amides is 2. The summed E-state index contributed by atoms with van der Waals surface area (Å²) < 4.78 is 27.3. The second kappa shape index (κ2) is 11.7. The molecule has 1 atom stereocenters. The Hall–Kier alpha value is -2.39.